The van der Waals surface area contributed by atoms with E-state index in [0.29, 0.717) is 6.42 Å². The van der Waals surface area contributed by atoms with Crippen LogP contribution in [0.25, 0.3) is 0 Å². The van der Waals surface area contributed by atoms with Crippen molar-refractivity contribution < 1.29 is 17.2 Å². The molecule has 1 aromatic carbocycles. The van der Waals surface area contributed by atoms with E-state index in [1.807, 2.05) is 13.8 Å². The minimum atomic E-state index is -4.15. The molecule has 1 unspecified atom stereocenters. The van der Waals surface area contributed by atoms with Crippen LogP contribution in [0.5, 0.6) is 0 Å². The molecule has 0 aromatic heterocycles. The maximum absolute atomic E-state index is 13.8. The van der Waals surface area contributed by atoms with Gasteiger partial charge in [0.1, 0.15) is 4.90 Å². The van der Waals surface area contributed by atoms with E-state index in [2.05, 4.69) is 4.72 Å². The second-order valence-electron chi connectivity index (χ2n) is 6.22. The number of nitrogens with one attached hydrogen (secondary N) is 1. The van der Waals surface area contributed by atoms with E-state index >= 15 is 0 Å². The smallest absolute Gasteiger partial charge is 0.243 e. The third-order valence-corrected chi connectivity index (χ3v) is 5.58. The number of hydrogen-bond donors (Lipinski definition) is 2. The molecule has 0 aliphatic heterocycles. The van der Waals surface area contributed by atoms with E-state index in [1.54, 1.807) is 0 Å². The van der Waals surface area contributed by atoms with Gasteiger partial charge in [0.05, 0.1) is 0 Å². The summed E-state index contributed by atoms with van der Waals surface area (Å²) in [6.07, 6.45) is 3.50. The van der Waals surface area contributed by atoms with Crippen LogP contribution in [-0.2, 0) is 10.0 Å². The fourth-order valence-electron chi connectivity index (χ4n) is 2.74. The van der Waals surface area contributed by atoms with Gasteiger partial charge in [0.15, 0.2) is 11.6 Å². The van der Waals surface area contributed by atoms with E-state index in [0.717, 1.165) is 31.4 Å². The SMILES string of the molecule is CC1(C)CCCCC1NS(=O)(=O)c1cc(N)cc(F)c1F. The first-order valence-electron chi connectivity index (χ1n) is 6.90. The number of benzene rings is 1. The summed E-state index contributed by atoms with van der Waals surface area (Å²) in [4.78, 5) is -0.735. The number of nitrogens with two attached hydrogens (primary N) is 1. The van der Waals surface area contributed by atoms with E-state index in [9.17, 15) is 17.2 Å². The van der Waals surface area contributed by atoms with Crippen molar-refractivity contribution in [2.75, 3.05) is 5.73 Å². The van der Waals surface area contributed by atoms with Gasteiger partial charge in [-0.3, -0.25) is 0 Å². The van der Waals surface area contributed by atoms with Gasteiger partial charge in [-0.1, -0.05) is 26.7 Å². The Morgan fingerprint density at radius 3 is 2.57 bits per heavy atom. The molecule has 0 bridgehead atoms. The van der Waals surface area contributed by atoms with Crippen molar-refractivity contribution in [2.24, 2.45) is 5.41 Å². The number of halogens is 2. The molecular formula is C14H20F2N2O2S. The molecule has 3 N–H and O–H groups in total. The first-order valence-corrected chi connectivity index (χ1v) is 8.39. The Kier molecular flexibility index (Phi) is 4.26. The maximum atomic E-state index is 13.8. The molecule has 0 spiro atoms. The van der Waals surface area contributed by atoms with Crippen molar-refractivity contribution in [3.05, 3.63) is 23.8 Å². The molecule has 1 saturated carbocycles. The Labute approximate surface area is 123 Å². The molecule has 1 aliphatic carbocycles. The summed E-state index contributed by atoms with van der Waals surface area (Å²) in [5.41, 5.74) is 5.06. The lowest BCUT2D eigenvalue weighted by Crippen LogP contribution is -2.46. The van der Waals surface area contributed by atoms with Crippen molar-refractivity contribution >= 4 is 15.7 Å². The topological polar surface area (TPSA) is 72.2 Å². The number of sulfonamides is 1. The second-order valence-corrected chi connectivity index (χ2v) is 7.91. The van der Waals surface area contributed by atoms with Gasteiger partial charge in [-0.25, -0.2) is 21.9 Å². The Hall–Kier alpha value is -1.21. The molecule has 21 heavy (non-hydrogen) atoms. The summed E-state index contributed by atoms with van der Waals surface area (Å²) < 4.78 is 54.3. The van der Waals surface area contributed by atoms with Crippen LogP contribution >= 0.6 is 0 Å². The van der Waals surface area contributed by atoms with Crippen LogP contribution in [0.3, 0.4) is 0 Å². The minimum Gasteiger partial charge on any atom is -0.399 e. The fraction of sp³-hybridized carbons (Fsp3) is 0.571. The molecular weight excluding hydrogens is 298 g/mol. The lowest BCUT2D eigenvalue weighted by atomic mass is 9.74. The highest BCUT2D eigenvalue weighted by Gasteiger charge is 2.36. The van der Waals surface area contributed by atoms with Gasteiger partial charge < -0.3 is 5.73 Å². The predicted molar refractivity (Wildman–Crippen MR) is 77.1 cm³/mol. The van der Waals surface area contributed by atoms with Crippen LogP contribution < -0.4 is 10.5 Å². The molecule has 0 heterocycles. The zero-order chi connectivity index (χ0) is 15.8. The molecule has 7 heteroatoms. The summed E-state index contributed by atoms with van der Waals surface area (Å²) in [7, 11) is -4.15. The van der Waals surface area contributed by atoms with Gasteiger partial charge in [-0.05, 0) is 30.4 Å². The Morgan fingerprint density at radius 2 is 1.95 bits per heavy atom. The molecule has 1 aromatic rings. The lowest BCUT2D eigenvalue weighted by Gasteiger charge is -2.38. The number of anilines is 1. The summed E-state index contributed by atoms with van der Waals surface area (Å²) in [6.45, 7) is 3.94. The number of rotatable bonds is 3. The number of hydrogen-bond acceptors (Lipinski definition) is 3. The second kappa shape index (κ2) is 5.53. The Morgan fingerprint density at radius 1 is 1.29 bits per heavy atom. The van der Waals surface area contributed by atoms with Gasteiger partial charge in [-0.15, -0.1) is 0 Å². The lowest BCUT2D eigenvalue weighted by molar-refractivity contribution is 0.188. The van der Waals surface area contributed by atoms with Gasteiger partial charge in [0, 0.05) is 11.7 Å². The average Bonchev–Trinajstić information content (AvgIpc) is 2.36. The maximum Gasteiger partial charge on any atom is 0.243 e. The standard InChI is InChI=1S/C14H20F2N2O2S/c1-14(2)6-4-3-5-12(14)18-21(19,20)11-8-9(17)7-10(15)13(11)16/h7-8,12,18H,3-6,17H2,1-2H3. The van der Waals surface area contributed by atoms with Crippen molar-refractivity contribution in [2.45, 2.75) is 50.5 Å². The fourth-order valence-corrected chi connectivity index (χ4v) is 4.31. The molecule has 2 rings (SSSR count). The quantitative estimate of drug-likeness (QED) is 0.842. The summed E-state index contributed by atoms with van der Waals surface area (Å²) in [6, 6.07) is 1.40. The number of nitrogen functional groups attached to an aromatic ring is 1. The molecule has 0 radical (unpaired) electrons. The van der Waals surface area contributed by atoms with Crippen LogP contribution in [0.4, 0.5) is 14.5 Å². The molecule has 4 nitrogen and oxygen atoms in total. The van der Waals surface area contributed by atoms with Crippen LogP contribution in [0.2, 0.25) is 0 Å². The van der Waals surface area contributed by atoms with Crippen molar-refractivity contribution in [1.82, 2.24) is 4.72 Å². The third kappa shape index (κ3) is 3.35. The molecule has 1 aliphatic rings. The zero-order valence-corrected chi connectivity index (χ0v) is 12.9. The van der Waals surface area contributed by atoms with E-state index < -0.39 is 26.6 Å². The monoisotopic (exact) mass is 318 g/mol. The Bertz CT molecular complexity index is 645. The van der Waals surface area contributed by atoms with Gasteiger partial charge in [-0.2, -0.15) is 0 Å². The van der Waals surface area contributed by atoms with Gasteiger partial charge >= 0.3 is 0 Å². The normalized spacial score (nSPS) is 22.2. The largest absolute Gasteiger partial charge is 0.399 e. The summed E-state index contributed by atoms with van der Waals surface area (Å²) in [5, 5.41) is 0. The molecule has 0 saturated heterocycles. The van der Waals surface area contributed by atoms with Gasteiger partial charge in [0.25, 0.3) is 0 Å². The molecule has 118 valence electrons. The minimum absolute atomic E-state index is 0.128. The van der Waals surface area contributed by atoms with Crippen molar-refractivity contribution in [3.8, 4) is 0 Å². The van der Waals surface area contributed by atoms with E-state index in [4.69, 9.17) is 5.73 Å². The predicted octanol–water partition coefficient (Wildman–Crippen LogP) is 2.79. The van der Waals surface area contributed by atoms with Crippen LogP contribution in [0, 0.1) is 17.0 Å². The molecule has 1 atom stereocenters. The van der Waals surface area contributed by atoms with Crippen LogP contribution in [0.1, 0.15) is 39.5 Å². The van der Waals surface area contributed by atoms with Crippen LogP contribution in [0.15, 0.2) is 17.0 Å². The van der Waals surface area contributed by atoms with Crippen molar-refractivity contribution in [1.29, 1.82) is 0 Å². The van der Waals surface area contributed by atoms with E-state index in [1.165, 1.54) is 0 Å². The van der Waals surface area contributed by atoms with Crippen LogP contribution in [-0.4, -0.2) is 14.5 Å². The van der Waals surface area contributed by atoms with Gasteiger partial charge in [0.2, 0.25) is 10.0 Å². The highest BCUT2D eigenvalue weighted by molar-refractivity contribution is 7.89. The highest BCUT2D eigenvalue weighted by Crippen LogP contribution is 2.36. The highest BCUT2D eigenvalue weighted by atomic mass is 32.2. The first-order chi connectivity index (χ1) is 9.63. The third-order valence-electron chi connectivity index (χ3n) is 4.11. The van der Waals surface area contributed by atoms with E-state index in [-0.39, 0.29) is 17.1 Å². The van der Waals surface area contributed by atoms with Crippen molar-refractivity contribution in [3.63, 3.8) is 0 Å². The average molecular weight is 318 g/mol. The Balaban J connectivity index is 2.35. The summed E-state index contributed by atoms with van der Waals surface area (Å²) in [5.74, 6) is -2.66. The summed E-state index contributed by atoms with van der Waals surface area (Å²) >= 11 is 0. The molecule has 0 amide bonds. The zero-order valence-electron chi connectivity index (χ0n) is 12.1. The first kappa shape index (κ1) is 16.2. The molecule has 1 fully saturated rings.